The molecule has 0 fully saturated rings. The lowest BCUT2D eigenvalue weighted by Crippen LogP contribution is -2.08. The van der Waals surface area contributed by atoms with Crippen molar-refractivity contribution in [1.82, 2.24) is 9.97 Å². The molecular formula is C17H18N2OS2. The number of thioether (sulfide) groups is 1. The minimum absolute atomic E-state index is 0.0388. The number of hydrogen-bond acceptors (Lipinski definition) is 4. The van der Waals surface area contributed by atoms with Crippen LogP contribution in [0.2, 0.25) is 0 Å². The molecule has 1 N–H and O–H groups in total. The second kappa shape index (κ2) is 7.11. The van der Waals surface area contributed by atoms with Gasteiger partial charge < -0.3 is 4.98 Å². The van der Waals surface area contributed by atoms with Crippen molar-refractivity contribution in [3.63, 3.8) is 0 Å². The Kier molecular flexibility index (Phi) is 4.95. The van der Waals surface area contributed by atoms with Crippen molar-refractivity contribution in [2.75, 3.05) is 5.75 Å². The van der Waals surface area contributed by atoms with Crippen molar-refractivity contribution in [3.05, 3.63) is 46.1 Å². The average Bonchev–Trinajstić information content (AvgIpc) is 2.97. The maximum absolute atomic E-state index is 12.4. The van der Waals surface area contributed by atoms with Gasteiger partial charge in [0.1, 0.15) is 4.83 Å². The highest BCUT2D eigenvalue weighted by molar-refractivity contribution is 7.99. The summed E-state index contributed by atoms with van der Waals surface area (Å²) in [6, 6.07) is 9.99. The van der Waals surface area contributed by atoms with Crippen LogP contribution in [0.1, 0.15) is 26.2 Å². The Bertz CT molecular complexity index is 808. The summed E-state index contributed by atoms with van der Waals surface area (Å²) in [6.07, 6.45) is 3.58. The molecule has 3 nitrogen and oxygen atoms in total. The Morgan fingerprint density at radius 2 is 2.05 bits per heavy atom. The van der Waals surface area contributed by atoms with Gasteiger partial charge in [-0.25, -0.2) is 4.98 Å². The van der Waals surface area contributed by atoms with Crippen LogP contribution in [-0.2, 0) is 0 Å². The van der Waals surface area contributed by atoms with E-state index >= 15 is 0 Å². The van der Waals surface area contributed by atoms with E-state index in [1.807, 2.05) is 35.7 Å². The molecule has 114 valence electrons. The maximum atomic E-state index is 12.4. The molecule has 1 aromatic carbocycles. The second-order valence-electron chi connectivity index (χ2n) is 5.12. The van der Waals surface area contributed by atoms with E-state index in [-0.39, 0.29) is 5.56 Å². The normalized spacial score (nSPS) is 11.1. The first-order valence-corrected chi connectivity index (χ1v) is 9.36. The molecule has 3 rings (SSSR count). The highest BCUT2D eigenvalue weighted by Crippen LogP contribution is 2.31. The van der Waals surface area contributed by atoms with E-state index in [0.717, 1.165) is 33.3 Å². The molecule has 0 unspecified atom stereocenters. The molecule has 5 heteroatoms. The van der Waals surface area contributed by atoms with Gasteiger partial charge in [-0.15, -0.1) is 11.3 Å². The Morgan fingerprint density at radius 3 is 2.82 bits per heavy atom. The zero-order chi connectivity index (χ0) is 15.4. The fourth-order valence-corrected chi connectivity index (χ4v) is 4.22. The summed E-state index contributed by atoms with van der Waals surface area (Å²) in [7, 11) is 0. The number of nitrogens with one attached hydrogen (secondary N) is 1. The SMILES string of the molecule is CCCCCSc1nc2scc(-c3ccccc3)c2c(=O)[nH]1. The van der Waals surface area contributed by atoms with Gasteiger partial charge in [-0.2, -0.15) is 0 Å². The number of rotatable bonds is 6. The number of aromatic nitrogens is 2. The van der Waals surface area contributed by atoms with E-state index in [1.165, 1.54) is 24.2 Å². The van der Waals surface area contributed by atoms with Crippen molar-refractivity contribution < 1.29 is 0 Å². The van der Waals surface area contributed by atoms with Gasteiger partial charge in [-0.3, -0.25) is 4.79 Å². The van der Waals surface area contributed by atoms with E-state index in [2.05, 4.69) is 16.9 Å². The highest BCUT2D eigenvalue weighted by Gasteiger charge is 2.12. The molecule has 2 heterocycles. The van der Waals surface area contributed by atoms with Crippen LogP contribution in [0, 0.1) is 0 Å². The van der Waals surface area contributed by atoms with Gasteiger partial charge in [0.25, 0.3) is 5.56 Å². The Hall–Kier alpha value is -1.59. The number of benzene rings is 1. The number of fused-ring (bicyclic) bond motifs is 1. The molecule has 0 atom stereocenters. The van der Waals surface area contributed by atoms with E-state index < -0.39 is 0 Å². The summed E-state index contributed by atoms with van der Waals surface area (Å²) in [5, 5.41) is 3.46. The summed E-state index contributed by atoms with van der Waals surface area (Å²) in [5.74, 6) is 0.999. The van der Waals surface area contributed by atoms with Crippen LogP contribution in [-0.4, -0.2) is 15.7 Å². The van der Waals surface area contributed by atoms with Gasteiger partial charge in [0.2, 0.25) is 0 Å². The second-order valence-corrected chi connectivity index (χ2v) is 7.06. The van der Waals surface area contributed by atoms with Crippen molar-refractivity contribution in [3.8, 4) is 11.1 Å². The lowest BCUT2D eigenvalue weighted by Gasteiger charge is -2.02. The Balaban J connectivity index is 1.92. The van der Waals surface area contributed by atoms with Crippen LogP contribution in [0.15, 0.2) is 45.7 Å². The van der Waals surface area contributed by atoms with Crippen LogP contribution in [0.5, 0.6) is 0 Å². The van der Waals surface area contributed by atoms with Crippen LogP contribution in [0.25, 0.3) is 21.3 Å². The van der Waals surface area contributed by atoms with Gasteiger partial charge >= 0.3 is 0 Å². The average molecular weight is 330 g/mol. The third kappa shape index (κ3) is 3.25. The molecule has 22 heavy (non-hydrogen) atoms. The monoisotopic (exact) mass is 330 g/mol. The first-order chi connectivity index (χ1) is 10.8. The van der Waals surface area contributed by atoms with Crippen LogP contribution < -0.4 is 5.56 Å². The van der Waals surface area contributed by atoms with E-state index in [9.17, 15) is 4.79 Å². The Morgan fingerprint density at radius 1 is 1.23 bits per heavy atom. The Labute approximate surface area is 137 Å². The number of aromatic amines is 1. The van der Waals surface area contributed by atoms with Crippen LogP contribution >= 0.6 is 23.1 Å². The van der Waals surface area contributed by atoms with Crippen molar-refractivity contribution in [1.29, 1.82) is 0 Å². The molecule has 0 aliphatic carbocycles. The molecule has 2 aromatic heterocycles. The lowest BCUT2D eigenvalue weighted by molar-refractivity contribution is 0.777. The summed E-state index contributed by atoms with van der Waals surface area (Å²) < 4.78 is 0. The van der Waals surface area contributed by atoms with Gasteiger partial charge in [-0.1, -0.05) is 61.9 Å². The van der Waals surface area contributed by atoms with Gasteiger partial charge in [0.05, 0.1) is 5.39 Å². The number of hydrogen-bond donors (Lipinski definition) is 1. The third-order valence-corrected chi connectivity index (χ3v) is 5.33. The summed E-state index contributed by atoms with van der Waals surface area (Å²) in [6.45, 7) is 2.19. The minimum Gasteiger partial charge on any atom is -0.301 e. The quantitative estimate of drug-likeness (QED) is 0.396. The lowest BCUT2D eigenvalue weighted by atomic mass is 10.1. The number of thiophene rings is 1. The topological polar surface area (TPSA) is 45.8 Å². The van der Waals surface area contributed by atoms with E-state index in [4.69, 9.17) is 0 Å². The molecule has 0 spiro atoms. The van der Waals surface area contributed by atoms with E-state index in [0.29, 0.717) is 5.39 Å². The van der Waals surface area contributed by atoms with Crippen molar-refractivity contribution in [2.45, 2.75) is 31.3 Å². The van der Waals surface area contributed by atoms with Crippen molar-refractivity contribution in [2.24, 2.45) is 0 Å². The first-order valence-electron chi connectivity index (χ1n) is 7.49. The molecule has 0 radical (unpaired) electrons. The largest absolute Gasteiger partial charge is 0.301 e. The van der Waals surface area contributed by atoms with Gasteiger partial charge in [-0.05, 0) is 12.0 Å². The molecule has 0 bridgehead atoms. The van der Waals surface area contributed by atoms with Crippen molar-refractivity contribution >= 4 is 33.3 Å². The predicted octanol–water partition coefficient (Wildman–Crippen LogP) is 4.93. The van der Waals surface area contributed by atoms with Gasteiger partial charge in [0, 0.05) is 16.7 Å². The predicted molar refractivity (Wildman–Crippen MR) is 95.9 cm³/mol. The summed E-state index contributed by atoms with van der Waals surface area (Å²) in [4.78, 5) is 20.8. The molecule has 0 aliphatic heterocycles. The summed E-state index contributed by atoms with van der Waals surface area (Å²) in [5.41, 5.74) is 1.99. The first kappa shape index (κ1) is 15.3. The zero-order valence-electron chi connectivity index (χ0n) is 12.5. The molecule has 0 amide bonds. The molecule has 0 saturated heterocycles. The third-order valence-electron chi connectivity index (χ3n) is 3.49. The number of unbranched alkanes of at least 4 members (excludes halogenated alkanes) is 2. The van der Waals surface area contributed by atoms with Gasteiger partial charge in [0.15, 0.2) is 5.16 Å². The molecule has 3 aromatic rings. The fraction of sp³-hybridized carbons (Fsp3) is 0.294. The smallest absolute Gasteiger partial charge is 0.260 e. The highest BCUT2D eigenvalue weighted by atomic mass is 32.2. The van der Waals surface area contributed by atoms with Crippen LogP contribution in [0.4, 0.5) is 0 Å². The van der Waals surface area contributed by atoms with Crippen LogP contribution in [0.3, 0.4) is 0 Å². The summed E-state index contributed by atoms with van der Waals surface area (Å²) >= 11 is 3.17. The standard InChI is InChI=1S/C17H18N2OS2/c1-2-3-7-10-21-17-18-15(20)14-13(11-22-16(14)19-17)12-8-5-4-6-9-12/h4-6,8-9,11H,2-3,7,10H2,1H3,(H,18,19,20). The molecule has 0 saturated carbocycles. The molecule has 0 aliphatic rings. The zero-order valence-corrected chi connectivity index (χ0v) is 14.1. The fourth-order valence-electron chi connectivity index (χ4n) is 2.35. The minimum atomic E-state index is -0.0388. The maximum Gasteiger partial charge on any atom is 0.260 e. The number of H-pyrrole nitrogens is 1. The number of nitrogens with zero attached hydrogens (tertiary/aromatic N) is 1. The molecular weight excluding hydrogens is 312 g/mol. The van der Waals surface area contributed by atoms with E-state index in [1.54, 1.807) is 11.8 Å².